The molecule has 1 atom stereocenters. The number of halogens is 1. The third-order valence-electron chi connectivity index (χ3n) is 5.68. The molecular formula is C26H27ClN2O5S. The molecule has 9 heteroatoms. The van der Waals surface area contributed by atoms with Crippen LogP contribution in [0.15, 0.2) is 65.6 Å². The Morgan fingerprint density at radius 2 is 1.77 bits per heavy atom. The van der Waals surface area contributed by atoms with E-state index in [1.165, 1.54) is 10.4 Å². The molecule has 0 saturated heterocycles. The number of hydrogen-bond acceptors (Lipinski definition) is 5. The topological polar surface area (TPSA) is 84.9 Å². The zero-order valence-electron chi connectivity index (χ0n) is 19.7. The van der Waals surface area contributed by atoms with Crippen molar-refractivity contribution in [3.05, 3.63) is 82.4 Å². The lowest BCUT2D eigenvalue weighted by atomic mass is 10.1. The van der Waals surface area contributed by atoms with E-state index in [4.69, 9.17) is 21.1 Å². The molecule has 3 aromatic carbocycles. The number of anilines is 1. The smallest absolute Gasteiger partial charge is 0.264 e. The van der Waals surface area contributed by atoms with Gasteiger partial charge in [0.2, 0.25) is 0 Å². The van der Waals surface area contributed by atoms with Crippen molar-refractivity contribution in [1.29, 1.82) is 0 Å². The summed E-state index contributed by atoms with van der Waals surface area (Å²) < 4.78 is 39.8. The van der Waals surface area contributed by atoms with Crippen molar-refractivity contribution in [1.82, 2.24) is 5.32 Å². The van der Waals surface area contributed by atoms with Crippen LogP contribution >= 0.6 is 11.6 Å². The van der Waals surface area contributed by atoms with Gasteiger partial charge in [0.1, 0.15) is 18.1 Å². The molecule has 0 fully saturated rings. The van der Waals surface area contributed by atoms with E-state index in [9.17, 15) is 13.2 Å². The van der Waals surface area contributed by atoms with Gasteiger partial charge in [0.25, 0.3) is 15.9 Å². The van der Waals surface area contributed by atoms with Gasteiger partial charge in [-0.05, 0) is 62.7 Å². The fraction of sp³-hybridized carbons (Fsp3) is 0.269. The molecule has 1 aliphatic rings. The zero-order valence-corrected chi connectivity index (χ0v) is 21.3. The van der Waals surface area contributed by atoms with Gasteiger partial charge in [-0.25, -0.2) is 8.42 Å². The first kappa shape index (κ1) is 24.9. The summed E-state index contributed by atoms with van der Waals surface area (Å²) in [6.07, 6.45) is -1.04. The summed E-state index contributed by atoms with van der Waals surface area (Å²) in [6, 6.07) is 17.1. The van der Waals surface area contributed by atoms with E-state index in [1.807, 2.05) is 39.0 Å². The highest BCUT2D eigenvalue weighted by molar-refractivity contribution is 7.92. The Kier molecular flexibility index (Phi) is 7.23. The van der Waals surface area contributed by atoms with Crippen molar-refractivity contribution >= 4 is 33.2 Å². The lowest BCUT2D eigenvalue weighted by Gasteiger charge is -2.34. The molecule has 0 bridgehead atoms. The van der Waals surface area contributed by atoms with Crippen molar-refractivity contribution in [2.75, 3.05) is 24.0 Å². The maximum Gasteiger partial charge on any atom is 0.264 e. The molecule has 3 aromatic rings. The van der Waals surface area contributed by atoms with Crippen molar-refractivity contribution < 1.29 is 22.7 Å². The van der Waals surface area contributed by atoms with Crippen molar-refractivity contribution in [3.63, 3.8) is 0 Å². The van der Waals surface area contributed by atoms with Crippen LogP contribution < -0.4 is 19.1 Å². The average molecular weight is 515 g/mol. The van der Waals surface area contributed by atoms with Crippen molar-refractivity contribution in [3.8, 4) is 11.5 Å². The number of carbonyl (C=O) groups is 1. The highest BCUT2D eigenvalue weighted by atomic mass is 35.5. The van der Waals surface area contributed by atoms with E-state index in [1.54, 1.807) is 36.4 Å². The van der Waals surface area contributed by atoms with E-state index in [-0.39, 0.29) is 30.3 Å². The van der Waals surface area contributed by atoms with Crippen LogP contribution in [0, 0.1) is 20.8 Å². The summed E-state index contributed by atoms with van der Waals surface area (Å²) >= 11 is 6.14. The number of amides is 1. The third-order valence-corrected chi connectivity index (χ3v) is 7.71. The fourth-order valence-electron chi connectivity index (χ4n) is 3.84. The quantitative estimate of drug-likeness (QED) is 0.472. The molecule has 1 N–H and O–H groups in total. The van der Waals surface area contributed by atoms with E-state index in [0.29, 0.717) is 10.7 Å². The Morgan fingerprint density at radius 3 is 2.49 bits per heavy atom. The van der Waals surface area contributed by atoms with Crippen LogP contribution in [-0.2, 0) is 14.8 Å². The molecular weight excluding hydrogens is 488 g/mol. The average Bonchev–Trinajstić information content (AvgIpc) is 2.82. The van der Waals surface area contributed by atoms with Gasteiger partial charge in [0.05, 0.1) is 23.7 Å². The molecule has 35 heavy (non-hydrogen) atoms. The molecule has 0 aliphatic carbocycles. The third kappa shape index (κ3) is 5.55. The summed E-state index contributed by atoms with van der Waals surface area (Å²) in [6.45, 7) is 6.17. The van der Waals surface area contributed by atoms with Crippen LogP contribution in [-0.4, -0.2) is 40.1 Å². The molecule has 1 heterocycles. The summed E-state index contributed by atoms with van der Waals surface area (Å²) in [5.41, 5.74) is 3.39. The standard InChI is InChI=1S/C26H27ClN2O5S/c1-17-4-8-21(9-5-17)35(31,32)29-16-25(34-24-11-7-20(27)15-22(24)29)26(30)28-12-13-33-23-10-6-18(2)14-19(23)3/h4-11,14-15,25H,12-13,16H2,1-3H3,(H,28,30)/t25-/m1/s1. The molecule has 0 unspecified atom stereocenters. The first-order chi connectivity index (χ1) is 16.6. The summed E-state index contributed by atoms with van der Waals surface area (Å²) in [7, 11) is -3.95. The molecule has 0 radical (unpaired) electrons. The van der Waals surface area contributed by atoms with Crippen LogP contribution in [0.3, 0.4) is 0 Å². The first-order valence-electron chi connectivity index (χ1n) is 11.2. The number of sulfonamides is 1. The Labute approximate surface area is 210 Å². The Balaban J connectivity index is 1.48. The minimum absolute atomic E-state index is 0.122. The highest BCUT2D eigenvalue weighted by Crippen LogP contribution is 2.38. The minimum atomic E-state index is -3.95. The number of fused-ring (bicyclic) bond motifs is 1. The van der Waals surface area contributed by atoms with Crippen molar-refractivity contribution in [2.45, 2.75) is 31.8 Å². The fourth-order valence-corrected chi connectivity index (χ4v) is 5.47. The number of ether oxygens (including phenoxy) is 2. The van der Waals surface area contributed by atoms with Gasteiger partial charge in [-0.1, -0.05) is 47.0 Å². The van der Waals surface area contributed by atoms with Crippen LogP contribution in [0.25, 0.3) is 0 Å². The number of rotatable bonds is 7. The van der Waals surface area contributed by atoms with Crippen LogP contribution in [0.1, 0.15) is 16.7 Å². The van der Waals surface area contributed by atoms with Gasteiger partial charge in [0.15, 0.2) is 6.10 Å². The van der Waals surface area contributed by atoms with Crippen LogP contribution in [0.2, 0.25) is 5.02 Å². The predicted molar refractivity (Wildman–Crippen MR) is 136 cm³/mol. The largest absolute Gasteiger partial charge is 0.491 e. The number of hydrogen-bond donors (Lipinski definition) is 1. The van der Waals surface area contributed by atoms with Gasteiger partial charge in [-0.2, -0.15) is 0 Å². The van der Waals surface area contributed by atoms with Crippen LogP contribution in [0.4, 0.5) is 5.69 Å². The number of carbonyl (C=O) groups excluding carboxylic acids is 1. The summed E-state index contributed by atoms with van der Waals surface area (Å²) in [4.78, 5) is 13.0. The summed E-state index contributed by atoms with van der Waals surface area (Å²) in [5.74, 6) is 0.585. The molecule has 0 saturated carbocycles. The zero-order chi connectivity index (χ0) is 25.2. The SMILES string of the molecule is Cc1ccc(S(=O)(=O)N2C[C@H](C(=O)NCCOc3ccc(C)cc3C)Oc3ccc(Cl)cc32)cc1. The summed E-state index contributed by atoms with van der Waals surface area (Å²) in [5, 5.41) is 3.14. The number of nitrogens with one attached hydrogen (secondary N) is 1. The van der Waals surface area contributed by atoms with Gasteiger partial charge in [-0.15, -0.1) is 0 Å². The van der Waals surface area contributed by atoms with Gasteiger partial charge < -0.3 is 14.8 Å². The van der Waals surface area contributed by atoms with Crippen molar-refractivity contribution in [2.24, 2.45) is 0 Å². The number of nitrogens with zero attached hydrogens (tertiary/aromatic N) is 1. The minimum Gasteiger partial charge on any atom is -0.491 e. The maximum atomic E-state index is 13.5. The van der Waals surface area contributed by atoms with Gasteiger partial charge in [-0.3, -0.25) is 9.10 Å². The number of benzene rings is 3. The molecule has 1 amide bonds. The monoisotopic (exact) mass is 514 g/mol. The molecule has 0 spiro atoms. The first-order valence-corrected chi connectivity index (χ1v) is 13.0. The van der Waals surface area contributed by atoms with E-state index < -0.39 is 22.0 Å². The molecule has 7 nitrogen and oxygen atoms in total. The Hall–Kier alpha value is -3.23. The second kappa shape index (κ2) is 10.2. The van der Waals surface area contributed by atoms with Crippen LogP contribution in [0.5, 0.6) is 11.5 Å². The van der Waals surface area contributed by atoms with E-state index in [2.05, 4.69) is 5.32 Å². The van der Waals surface area contributed by atoms with Gasteiger partial charge in [0, 0.05) is 5.02 Å². The molecule has 1 aliphatic heterocycles. The highest BCUT2D eigenvalue weighted by Gasteiger charge is 2.37. The number of aryl methyl sites for hydroxylation is 3. The predicted octanol–water partition coefficient (Wildman–Crippen LogP) is 4.42. The lowest BCUT2D eigenvalue weighted by molar-refractivity contribution is -0.127. The normalized spacial score (nSPS) is 15.2. The molecule has 184 valence electrons. The maximum absolute atomic E-state index is 13.5. The lowest BCUT2D eigenvalue weighted by Crippen LogP contribution is -2.51. The second-order valence-corrected chi connectivity index (χ2v) is 10.8. The molecule has 0 aromatic heterocycles. The Morgan fingerprint density at radius 1 is 1.06 bits per heavy atom. The van der Waals surface area contributed by atoms with E-state index in [0.717, 1.165) is 22.4 Å². The van der Waals surface area contributed by atoms with Gasteiger partial charge >= 0.3 is 0 Å². The second-order valence-electron chi connectivity index (χ2n) is 8.48. The van der Waals surface area contributed by atoms with E-state index >= 15 is 0 Å². The Bertz CT molecular complexity index is 1340. The molecule has 4 rings (SSSR count).